The topological polar surface area (TPSA) is 12.5 Å². The fraction of sp³-hybridized carbons (Fsp3) is 0.846. The number of morpholine rings is 1. The predicted octanol–water partition coefficient (Wildman–Crippen LogP) is 1.11. The van der Waals surface area contributed by atoms with Gasteiger partial charge in [0.2, 0.25) is 0 Å². The van der Waals surface area contributed by atoms with Crippen molar-refractivity contribution in [3.63, 3.8) is 0 Å². The number of ether oxygens (including phenoxy) is 1. The molecular formula is C13H25N2O+. The number of hydrogen-bond acceptors (Lipinski definition) is 2. The second-order valence-electron chi connectivity index (χ2n) is 5.50. The van der Waals surface area contributed by atoms with Gasteiger partial charge in [0, 0.05) is 19.6 Å². The van der Waals surface area contributed by atoms with Crippen LogP contribution in [0.4, 0.5) is 0 Å². The Morgan fingerprint density at radius 1 is 1.25 bits per heavy atom. The minimum atomic E-state index is 0.426. The van der Waals surface area contributed by atoms with E-state index in [1.54, 1.807) is 0 Å². The molecule has 0 radical (unpaired) electrons. The van der Waals surface area contributed by atoms with Crippen LogP contribution in [0.25, 0.3) is 0 Å². The van der Waals surface area contributed by atoms with Crippen molar-refractivity contribution < 1.29 is 9.22 Å². The van der Waals surface area contributed by atoms with E-state index < -0.39 is 0 Å². The summed E-state index contributed by atoms with van der Waals surface area (Å²) in [5, 5.41) is 0. The van der Waals surface area contributed by atoms with Crippen molar-refractivity contribution in [2.45, 2.75) is 26.1 Å². The molecule has 0 aromatic carbocycles. The average molecular weight is 225 g/mol. The third-order valence-corrected chi connectivity index (χ3v) is 3.92. The SMILES string of the molecule is C=CCN1CC[N+]2(CC1)CC(C)OC(C)C2. The molecule has 2 saturated heterocycles. The fourth-order valence-electron chi connectivity index (χ4n) is 3.31. The van der Waals surface area contributed by atoms with E-state index in [0.29, 0.717) is 12.2 Å². The highest BCUT2D eigenvalue weighted by molar-refractivity contribution is 4.77. The molecule has 3 nitrogen and oxygen atoms in total. The standard InChI is InChI=1S/C13H25N2O/c1-4-5-14-6-8-15(9-7-14)10-12(2)16-13(3)11-15/h4,12-13H,1,5-11H2,2-3H3/q+1. The summed E-state index contributed by atoms with van der Waals surface area (Å²) in [5.74, 6) is 0. The number of nitrogens with zero attached hydrogens (tertiary/aromatic N) is 2. The van der Waals surface area contributed by atoms with Crippen LogP contribution < -0.4 is 0 Å². The van der Waals surface area contributed by atoms with Crippen LogP contribution in [-0.2, 0) is 4.74 Å². The van der Waals surface area contributed by atoms with Crippen LogP contribution in [0.1, 0.15) is 13.8 Å². The minimum Gasteiger partial charge on any atom is -0.364 e. The Morgan fingerprint density at radius 2 is 1.81 bits per heavy atom. The highest BCUT2D eigenvalue weighted by Crippen LogP contribution is 2.22. The molecule has 2 fully saturated rings. The van der Waals surface area contributed by atoms with Gasteiger partial charge in [0.05, 0.1) is 13.1 Å². The van der Waals surface area contributed by atoms with E-state index in [1.807, 2.05) is 6.08 Å². The molecule has 1 spiro atoms. The summed E-state index contributed by atoms with van der Waals surface area (Å²) in [4.78, 5) is 2.50. The van der Waals surface area contributed by atoms with Gasteiger partial charge >= 0.3 is 0 Å². The summed E-state index contributed by atoms with van der Waals surface area (Å²) in [6, 6.07) is 0. The van der Waals surface area contributed by atoms with Crippen LogP contribution in [0.2, 0.25) is 0 Å². The average Bonchev–Trinajstić information content (AvgIpc) is 2.20. The van der Waals surface area contributed by atoms with Crippen LogP contribution in [0, 0.1) is 0 Å². The van der Waals surface area contributed by atoms with Gasteiger partial charge in [0.15, 0.2) is 0 Å². The van der Waals surface area contributed by atoms with Crippen LogP contribution in [0.3, 0.4) is 0 Å². The number of hydrogen-bond donors (Lipinski definition) is 0. The lowest BCUT2D eigenvalue weighted by molar-refractivity contribution is -0.944. The van der Waals surface area contributed by atoms with Gasteiger partial charge in [-0.1, -0.05) is 6.08 Å². The first-order chi connectivity index (χ1) is 7.63. The van der Waals surface area contributed by atoms with Crippen molar-refractivity contribution >= 4 is 0 Å². The molecule has 0 bridgehead atoms. The Hall–Kier alpha value is -0.380. The van der Waals surface area contributed by atoms with E-state index in [9.17, 15) is 0 Å². The van der Waals surface area contributed by atoms with Gasteiger partial charge in [-0.15, -0.1) is 6.58 Å². The first-order valence-electron chi connectivity index (χ1n) is 6.47. The first kappa shape index (κ1) is 12.1. The summed E-state index contributed by atoms with van der Waals surface area (Å²) >= 11 is 0. The zero-order chi connectivity index (χ0) is 11.6. The summed E-state index contributed by atoms with van der Waals surface area (Å²) in [6.45, 7) is 16.7. The van der Waals surface area contributed by atoms with Crippen LogP contribution in [-0.4, -0.2) is 67.4 Å². The van der Waals surface area contributed by atoms with Gasteiger partial charge in [-0.3, -0.25) is 4.90 Å². The minimum absolute atomic E-state index is 0.426. The summed E-state index contributed by atoms with van der Waals surface area (Å²) in [5.41, 5.74) is 0. The maximum absolute atomic E-state index is 5.84. The summed E-state index contributed by atoms with van der Waals surface area (Å²) in [6.07, 6.45) is 2.87. The van der Waals surface area contributed by atoms with Gasteiger partial charge in [0.1, 0.15) is 25.3 Å². The molecule has 3 heteroatoms. The molecule has 2 aliphatic rings. The Labute approximate surface area is 99.3 Å². The Morgan fingerprint density at radius 3 is 2.31 bits per heavy atom. The quantitative estimate of drug-likeness (QED) is 0.516. The van der Waals surface area contributed by atoms with Crippen molar-refractivity contribution in [1.29, 1.82) is 0 Å². The maximum atomic E-state index is 5.84. The Bertz CT molecular complexity index is 234. The molecule has 2 heterocycles. The normalized spacial score (nSPS) is 35.1. The predicted molar refractivity (Wildman–Crippen MR) is 66.4 cm³/mol. The molecule has 2 aliphatic heterocycles. The zero-order valence-electron chi connectivity index (χ0n) is 10.7. The second-order valence-corrected chi connectivity index (χ2v) is 5.50. The summed E-state index contributed by atoms with van der Waals surface area (Å²) in [7, 11) is 0. The van der Waals surface area contributed by atoms with Gasteiger partial charge in [0.25, 0.3) is 0 Å². The van der Waals surface area contributed by atoms with Crippen LogP contribution >= 0.6 is 0 Å². The van der Waals surface area contributed by atoms with E-state index in [1.165, 1.54) is 43.8 Å². The van der Waals surface area contributed by atoms with Gasteiger partial charge in [-0.2, -0.15) is 0 Å². The molecule has 0 aliphatic carbocycles. The molecule has 0 aromatic heterocycles. The molecule has 0 amide bonds. The van der Waals surface area contributed by atoms with E-state index >= 15 is 0 Å². The molecule has 92 valence electrons. The molecule has 2 atom stereocenters. The van der Waals surface area contributed by atoms with Gasteiger partial charge in [-0.25, -0.2) is 0 Å². The van der Waals surface area contributed by atoms with Crippen molar-refractivity contribution in [2.75, 3.05) is 45.8 Å². The fourth-order valence-corrected chi connectivity index (χ4v) is 3.31. The smallest absolute Gasteiger partial charge is 0.105 e. The maximum Gasteiger partial charge on any atom is 0.105 e. The van der Waals surface area contributed by atoms with Crippen molar-refractivity contribution in [2.24, 2.45) is 0 Å². The lowest BCUT2D eigenvalue weighted by Crippen LogP contribution is -2.66. The molecule has 2 unspecified atom stereocenters. The second kappa shape index (κ2) is 4.86. The lowest BCUT2D eigenvalue weighted by Gasteiger charge is -2.50. The largest absolute Gasteiger partial charge is 0.364 e. The Kier molecular flexibility index (Phi) is 3.67. The van der Waals surface area contributed by atoms with E-state index in [4.69, 9.17) is 4.74 Å². The van der Waals surface area contributed by atoms with Gasteiger partial charge in [-0.05, 0) is 13.8 Å². The Balaban J connectivity index is 1.92. The molecular weight excluding hydrogens is 200 g/mol. The van der Waals surface area contributed by atoms with Crippen LogP contribution in [0.5, 0.6) is 0 Å². The van der Waals surface area contributed by atoms with Crippen molar-refractivity contribution in [1.82, 2.24) is 4.90 Å². The number of quaternary nitrogens is 1. The molecule has 16 heavy (non-hydrogen) atoms. The number of rotatable bonds is 2. The highest BCUT2D eigenvalue weighted by Gasteiger charge is 2.39. The number of piperazine rings is 1. The third kappa shape index (κ3) is 2.65. The molecule has 0 N–H and O–H groups in total. The molecule has 0 aromatic rings. The van der Waals surface area contributed by atoms with E-state index in [-0.39, 0.29) is 0 Å². The zero-order valence-corrected chi connectivity index (χ0v) is 10.7. The monoisotopic (exact) mass is 225 g/mol. The summed E-state index contributed by atoms with van der Waals surface area (Å²) < 4.78 is 7.12. The van der Waals surface area contributed by atoms with E-state index in [2.05, 4.69) is 25.3 Å². The lowest BCUT2D eigenvalue weighted by atomic mass is 10.1. The molecule has 0 saturated carbocycles. The van der Waals surface area contributed by atoms with E-state index in [0.717, 1.165) is 6.54 Å². The third-order valence-electron chi connectivity index (χ3n) is 3.92. The molecule has 2 rings (SSSR count). The highest BCUT2D eigenvalue weighted by atomic mass is 16.5. The van der Waals surface area contributed by atoms with Crippen LogP contribution in [0.15, 0.2) is 12.7 Å². The van der Waals surface area contributed by atoms with Gasteiger partial charge < -0.3 is 9.22 Å². The van der Waals surface area contributed by atoms with Crippen molar-refractivity contribution in [3.8, 4) is 0 Å². The van der Waals surface area contributed by atoms with Crippen molar-refractivity contribution in [3.05, 3.63) is 12.7 Å². The first-order valence-corrected chi connectivity index (χ1v) is 6.47.